The third kappa shape index (κ3) is 3.73. The summed E-state index contributed by atoms with van der Waals surface area (Å²) in [7, 11) is 1.60. The monoisotopic (exact) mass is 287 g/mol. The van der Waals surface area contributed by atoms with E-state index in [-0.39, 0.29) is 12.5 Å². The Labute approximate surface area is 103 Å². The van der Waals surface area contributed by atoms with Crippen molar-refractivity contribution in [2.45, 2.75) is 6.92 Å². The molecule has 0 fully saturated rings. The van der Waals surface area contributed by atoms with E-state index in [0.29, 0.717) is 6.61 Å². The molecule has 1 aromatic rings. The summed E-state index contributed by atoms with van der Waals surface area (Å²) in [6.45, 7) is 2.33. The van der Waals surface area contributed by atoms with Gasteiger partial charge in [-0.1, -0.05) is 0 Å². The van der Waals surface area contributed by atoms with Crippen molar-refractivity contribution in [2.24, 2.45) is 0 Å². The topological polar surface area (TPSA) is 47.6 Å². The SMILES string of the molecule is CCOC(=O)CNc1ccc(OC)c(Br)c1. The van der Waals surface area contributed by atoms with E-state index in [1.807, 2.05) is 18.2 Å². The minimum Gasteiger partial charge on any atom is -0.496 e. The van der Waals surface area contributed by atoms with Crippen LogP contribution < -0.4 is 10.1 Å². The lowest BCUT2D eigenvalue weighted by Crippen LogP contribution is -2.16. The van der Waals surface area contributed by atoms with Crippen LogP contribution in [0.25, 0.3) is 0 Å². The molecule has 0 saturated heterocycles. The van der Waals surface area contributed by atoms with Crippen molar-refractivity contribution in [1.82, 2.24) is 0 Å². The second-order valence-corrected chi connectivity index (χ2v) is 3.86. The first kappa shape index (κ1) is 12.8. The van der Waals surface area contributed by atoms with Crippen LogP contribution >= 0.6 is 15.9 Å². The Kier molecular flexibility index (Phi) is 5.11. The zero-order valence-electron chi connectivity index (χ0n) is 9.25. The van der Waals surface area contributed by atoms with Gasteiger partial charge < -0.3 is 14.8 Å². The number of nitrogens with one attached hydrogen (secondary N) is 1. The first-order valence-electron chi connectivity index (χ1n) is 4.90. The van der Waals surface area contributed by atoms with Crippen molar-refractivity contribution < 1.29 is 14.3 Å². The maximum atomic E-state index is 11.1. The van der Waals surface area contributed by atoms with Crippen LogP contribution in [0.1, 0.15) is 6.92 Å². The van der Waals surface area contributed by atoms with Crippen LogP contribution in [-0.2, 0) is 9.53 Å². The van der Waals surface area contributed by atoms with Crippen molar-refractivity contribution in [2.75, 3.05) is 25.6 Å². The van der Waals surface area contributed by atoms with Crippen molar-refractivity contribution in [3.05, 3.63) is 22.7 Å². The van der Waals surface area contributed by atoms with Crippen molar-refractivity contribution in [3.8, 4) is 5.75 Å². The Hall–Kier alpha value is -1.23. The van der Waals surface area contributed by atoms with Gasteiger partial charge in [-0.15, -0.1) is 0 Å². The third-order valence-electron chi connectivity index (χ3n) is 1.89. The lowest BCUT2D eigenvalue weighted by molar-refractivity contribution is -0.140. The molecule has 1 N–H and O–H groups in total. The highest BCUT2D eigenvalue weighted by Gasteiger charge is 2.03. The molecule has 0 radical (unpaired) electrons. The van der Waals surface area contributed by atoms with Gasteiger partial charge in [-0.3, -0.25) is 4.79 Å². The van der Waals surface area contributed by atoms with Crippen molar-refractivity contribution >= 4 is 27.6 Å². The van der Waals surface area contributed by atoms with Crippen LogP contribution in [0.4, 0.5) is 5.69 Å². The molecule has 0 aliphatic rings. The van der Waals surface area contributed by atoms with Gasteiger partial charge in [0.05, 0.1) is 18.2 Å². The van der Waals surface area contributed by atoms with Crippen LogP contribution in [0.3, 0.4) is 0 Å². The fourth-order valence-electron chi connectivity index (χ4n) is 1.16. The Morgan fingerprint density at radius 2 is 2.25 bits per heavy atom. The maximum absolute atomic E-state index is 11.1. The molecule has 0 aliphatic heterocycles. The number of hydrogen-bond donors (Lipinski definition) is 1. The number of carbonyl (C=O) groups is 1. The third-order valence-corrected chi connectivity index (χ3v) is 2.51. The molecule has 0 aliphatic carbocycles. The molecule has 1 rings (SSSR count). The van der Waals surface area contributed by atoms with Gasteiger partial charge in [0, 0.05) is 5.69 Å². The molecule has 88 valence electrons. The van der Waals surface area contributed by atoms with Crippen LogP contribution in [-0.4, -0.2) is 26.2 Å². The van der Waals surface area contributed by atoms with Gasteiger partial charge in [-0.05, 0) is 41.1 Å². The average molecular weight is 288 g/mol. The number of ether oxygens (including phenoxy) is 2. The number of carbonyl (C=O) groups excluding carboxylic acids is 1. The van der Waals surface area contributed by atoms with Gasteiger partial charge in [0.2, 0.25) is 0 Å². The Morgan fingerprint density at radius 1 is 1.50 bits per heavy atom. The second-order valence-electron chi connectivity index (χ2n) is 3.01. The predicted molar refractivity (Wildman–Crippen MR) is 65.8 cm³/mol. The smallest absolute Gasteiger partial charge is 0.325 e. The zero-order valence-corrected chi connectivity index (χ0v) is 10.8. The number of methoxy groups -OCH3 is 1. The average Bonchev–Trinajstić information content (AvgIpc) is 2.27. The lowest BCUT2D eigenvalue weighted by atomic mass is 10.3. The van der Waals surface area contributed by atoms with E-state index in [9.17, 15) is 4.79 Å². The van der Waals surface area contributed by atoms with Gasteiger partial charge in [-0.2, -0.15) is 0 Å². The number of benzene rings is 1. The normalized spacial score (nSPS) is 9.69. The highest BCUT2D eigenvalue weighted by molar-refractivity contribution is 9.10. The molecule has 4 nitrogen and oxygen atoms in total. The van der Waals surface area contributed by atoms with E-state index in [0.717, 1.165) is 15.9 Å². The number of rotatable bonds is 5. The molecule has 5 heteroatoms. The summed E-state index contributed by atoms with van der Waals surface area (Å²) in [5.74, 6) is 0.483. The Balaban J connectivity index is 2.55. The largest absolute Gasteiger partial charge is 0.496 e. The van der Waals surface area contributed by atoms with E-state index in [4.69, 9.17) is 9.47 Å². The summed E-state index contributed by atoms with van der Waals surface area (Å²) >= 11 is 3.36. The molecule has 0 saturated carbocycles. The van der Waals surface area contributed by atoms with Crippen LogP contribution in [0.2, 0.25) is 0 Å². The van der Waals surface area contributed by atoms with E-state index in [1.54, 1.807) is 14.0 Å². The maximum Gasteiger partial charge on any atom is 0.325 e. The first-order chi connectivity index (χ1) is 7.67. The fourth-order valence-corrected chi connectivity index (χ4v) is 1.70. The lowest BCUT2D eigenvalue weighted by Gasteiger charge is -2.08. The van der Waals surface area contributed by atoms with Crippen LogP contribution in [0, 0.1) is 0 Å². The summed E-state index contributed by atoms with van der Waals surface area (Å²) in [5, 5.41) is 2.96. The Bertz CT molecular complexity index is 368. The van der Waals surface area contributed by atoms with Crippen molar-refractivity contribution in [3.63, 3.8) is 0 Å². The Morgan fingerprint density at radius 3 is 2.81 bits per heavy atom. The number of hydrogen-bond acceptors (Lipinski definition) is 4. The standard InChI is InChI=1S/C11H14BrNO3/c1-3-16-11(14)7-13-8-4-5-10(15-2)9(12)6-8/h4-6,13H,3,7H2,1-2H3. The minimum atomic E-state index is -0.269. The summed E-state index contributed by atoms with van der Waals surface area (Å²) in [4.78, 5) is 11.1. The molecule has 0 atom stereocenters. The van der Waals surface area contributed by atoms with E-state index < -0.39 is 0 Å². The van der Waals surface area contributed by atoms with Gasteiger partial charge in [0.1, 0.15) is 12.3 Å². The quantitative estimate of drug-likeness (QED) is 0.845. The molecule has 0 spiro atoms. The van der Waals surface area contributed by atoms with Crippen LogP contribution in [0.15, 0.2) is 22.7 Å². The van der Waals surface area contributed by atoms with Gasteiger partial charge in [-0.25, -0.2) is 0 Å². The molecule has 0 heterocycles. The number of anilines is 1. The van der Waals surface area contributed by atoms with Gasteiger partial charge in [0.15, 0.2) is 0 Å². The van der Waals surface area contributed by atoms with E-state index >= 15 is 0 Å². The highest BCUT2D eigenvalue weighted by Crippen LogP contribution is 2.27. The summed E-state index contributed by atoms with van der Waals surface area (Å²) < 4.78 is 10.7. The molecule has 16 heavy (non-hydrogen) atoms. The zero-order chi connectivity index (χ0) is 12.0. The molecular weight excluding hydrogens is 274 g/mol. The molecule has 0 bridgehead atoms. The van der Waals surface area contributed by atoms with E-state index in [1.165, 1.54) is 0 Å². The number of esters is 1. The second kappa shape index (κ2) is 6.37. The van der Waals surface area contributed by atoms with Gasteiger partial charge in [0.25, 0.3) is 0 Å². The molecule has 0 aromatic heterocycles. The highest BCUT2D eigenvalue weighted by atomic mass is 79.9. The summed E-state index contributed by atoms with van der Waals surface area (Å²) in [5.41, 5.74) is 0.834. The summed E-state index contributed by atoms with van der Waals surface area (Å²) in [6, 6.07) is 5.50. The molecule has 0 amide bonds. The van der Waals surface area contributed by atoms with Crippen molar-refractivity contribution in [1.29, 1.82) is 0 Å². The minimum absolute atomic E-state index is 0.159. The van der Waals surface area contributed by atoms with Crippen LogP contribution in [0.5, 0.6) is 5.75 Å². The summed E-state index contributed by atoms with van der Waals surface area (Å²) in [6.07, 6.45) is 0. The first-order valence-corrected chi connectivity index (χ1v) is 5.69. The van der Waals surface area contributed by atoms with E-state index in [2.05, 4.69) is 21.2 Å². The molecule has 1 aromatic carbocycles. The number of halogens is 1. The molecule has 0 unspecified atom stereocenters. The molecular formula is C11H14BrNO3. The predicted octanol–water partition coefficient (Wildman–Crippen LogP) is 2.43. The fraction of sp³-hybridized carbons (Fsp3) is 0.364. The van der Waals surface area contributed by atoms with Gasteiger partial charge >= 0.3 is 5.97 Å².